The zero-order valence-electron chi connectivity index (χ0n) is 17.5. The lowest BCUT2D eigenvalue weighted by Gasteiger charge is -2.29. The van der Waals surface area contributed by atoms with Crippen LogP contribution in [0.2, 0.25) is 5.02 Å². The summed E-state index contributed by atoms with van der Waals surface area (Å²) in [6.45, 7) is 1.29. The Bertz CT molecular complexity index is 1120. The van der Waals surface area contributed by atoms with Gasteiger partial charge in [-0.1, -0.05) is 41.9 Å². The topological polar surface area (TPSA) is 137 Å². The molecule has 33 heavy (non-hydrogen) atoms. The summed E-state index contributed by atoms with van der Waals surface area (Å²) in [6, 6.07) is 10.9. The molecule has 2 aromatic carbocycles. The summed E-state index contributed by atoms with van der Waals surface area (Å²) < 4.78 is 10.4. The molecule has 0 aromatic heterocycles. The fraction of sp³-hybridized carbons (Fsp3) is 0.227. The molecule has 0 spiro atoms. The summed E-state index contributed by atoms with van der Waals surface area (Å²) >= 11 is 5.94. The van der Waals surface area contributed by atoms with E-state index in [1.807, 2.05) is 0 Å². The number of esters is 2. The number of halogens is 1. The van der Waals surface area contributed by atoms with Gasteiger partial charge in [-0.15, -0.1) is 0 Å². The lowest BCUT2D eigenvalue weighted by molar-refractivity contribution is -0.385. The monoisotopic (exact) mass is 473 g/mol. The molecule has 10 nitrogen and oxygen atoms in total. The van der Waals surface area contributed by atoms with E-state index in [2.05, 4.69) is 10.6 Å². The molecule has 3 rings (SSSR count). The van der Waals surface area contributed by atoms with Gasteiger partial charge in [0.05, 0.1) is 35.3 Å². The van der Waals surface area contributed by atoms with Crippen molar-refractivity contribution in [2.75, 3.05) is 13.2 Å². The molecule has 1 heterocycles. The number of hydrogen-bond acceptors (Lipinski definition) is 7. The highest BCUT2D eigenvalue weighted by atomic mass is 35.5. The van der Waals surface area contributed by atoms with Crippen molar-refractivity contribution in [2.24, 2.45) is 0 Å². The van der Waals surface area contributed by atoms with Gasteiger partial charge in [0, 0.05) is 16.7 Å². The quantitative estimate of drug-likeness (QED) is 0.341. The van der Waals surface area contributed by atoms with E-state index in [0.29, 0.717) is 10.6 Å². The number of nitrogens with zero attached hydrogens (tertiary/aromatic N) is 1. The van der Waals surface area contributed by atoms with Crippen LogP contribution in [0.25, 0.3) is 0 Å². The van der Waals surface area contributed by atoms with E-state index in [1.165, 1.54) is 18.2 Å². The van der Waals surface area contributed by atoms with Gasteiger partial charge in [0.15, 0.2) is 0 Å². The van der Waals surface area contributed by atoms with E-state index in [0.717, 1.165) is 0 Å². The minimum absolute atomic E-state index is 0.0491. The Morgan fingerprint density at radius 3 is 2.48 bits per heavy atom. The molecule has 2 aromatic rings. The molecule has 1 aliphatic heterocycles. The maximum Gasteiger partial charge on any atom is 0.338 e. The average Bonchev–Trinajstić information content (AvgIpc) is 2.78. The number of benzene rings is 2. The van der Waals surface area contributed by atoms with E-state index in [-0.39, 0.29) is 35.5 Å². The van der Waals surface area contributed by atoms with Crippen LogP contribution in [0.1, 0.15) is 24.1 Å². The Morgan fingerprint density at radius 1 is 1.12 bits per heavy atom. The fourth-order valence-electron chi connectivity index (χ4n) is 3.28. The summed E-state index contributed by atoms with van der Waals surface area (Å²) in [4.78, 5) is 47.9. The maximum atomic E-state index is 12.7. The SMILES string of the molecule is CCOC(=O)C1=C(COC(=O)Cc2ccccc2[N+](=O)[O-])NC(=O)NC1c1ccc(Cl)cc1. The molecule has 2 N–H and O–H groups in total. The lowest BCUT2D eigenvalue weighted by Crippen LogP contribution is -2.47. The van der Waals surface area contributed by atoms with Crippen molar-refractivity contribution in [3.63, 3.8) is 0 Å². The molecule has 0 radical (unpaired) electrons. The van der Waals surface area contributed by atoms with Crippen molar-refractivity contribution >= 4 is 35.3 Å². The molecule has 0 saturated carbocycles. The first-order valence-corrected chi connectivity index (χ1v) is 10.3. The van der Waals surface area contributed by atoms with Crippen LogP contribution in [0.3, 0.4) is 0 Å². The van der Waals surface area contributed by atoms with Gasteiger partial charge in [-0.05, 0) is 24.6 Å². The van der Waals surface area contributed by atoms with Crippen molar-refractivity contribution in [1.82, 2.24) is 10.6 Å². The Balaban J connectivity index is 1.85. The van der Waals surface area contributed by atoms with E-state index >= 15 is 0 Å². The molecule has 0 bridgehead atoms. The zero-order chi connectivity index (χ0) is 24.0. The molecule has 11 heteroatoms. The van der Waals surface area contributed by atoms with Crippen LogP contribution in [-0.4, -0.2) is 36.1 Å². The van der Waals surface area contributed by atoms with Crippen molar-refractivity contribution in [2.45, 2.75) is 19.4 Å². The normalized spacial score (nSPS) is 15.3. The Kier molecular flexibility index (Phi) is 7.62. The summed E-state index contributed by atoms with van der Waals surface area (Å²) in [5.41, 5.74) is 0.658. The van der Waals surface area contributed by atoms with E-state index in [4.69, 9.17) is 21.1 Å². The number of para-hydroxylation sites is 1. The van der Waals surface area contributed by atoms with Crippen LogP contribution >= 0.6 is 11.6 Å². The lowest BCUT2D eigenvalue weighted by atomic mass is 9.95. The van der Waals surface area contributed by atoms with Gasteiger partial charge in [-0.3, -0.25) is 14.9 Å². The first-order valence-electron chi connectivity index (χ1n) is 9.91. The van der Waals surface area contributed by atoms with Gasteiger partial charge in [0.25, 0.3) is 5.69 Å². The van der Waals surface area contributed by atoms with Crippen LogP contribution in [0.15, 0.2) is 59.8 Å². The van der Waals surface area contributed by atoms with E-state index in [9.17, 15) is 24.5 Å². The molecule has 1 atom stereocenters. The van der Waals surface area contributed by atoms with Gasteiger partial charge < -0.3 is 20.1 Å². The van der Waals surface area contributed by atoms with Crippen LogP contribution in [0.5, 0.6) is 0 Å². The van der Waals surface area contributed by atoms with Gasteiger partial charge in [-0.2, -0.15) is 0 Å². The first-order chi connectivity index (χ1) is 15.8. The molecule has 0 aliphatic carbocycles. The zero-order valence-corrected chi connectivity index (χ0v) is 18.3. The van der Waals surface area contributed by atoms with Crippen LogP contribution in [-0.2, 0) is 25.5 Å². The maximum absolute atomic E-state index is 12.7. The third-order valence-electron chi connectivity index (χ3n) is 4.75. The average molecular weight is 474 g/mol. The standard InChI is InChI=1S/C22H20ClN3O7/c1-2-32-21(28)19-16(24-22(29)25-20(19)13-7-9-15(23)10-8-13)12-33-18(27)11-14-5-3-4-6-17(14)26(30)31/h3-10,20H,2,11-12H2,1H3,(H2,24,25,29). The van der Waals surface area contributed by atoms with E-state index < -0.39 is 35.5 Å². The summed E-state index contributed by atoms with van der Waals surface area (Å²) in [5.74, 6) is -1.47. The second-order valence-corrected chi connectivity index (χ2v) is 7.36. The molecule has 2 amide bonds. The van der Waals surface area contributed by atoms with Crippen molar-refractivity contribution in [3.8, 4) is 0 Å². The van der Waals surface area contributed by atoms with Crippen LogP contribution < -0.4 is 10.6 Å². The van der Waals surface area contributed by atoms with Crippen LogP contribution in [0.4, 0.5) is 10.5 Å². The largest absolute Gasteiger partial charge is 0.463 e. The van der Waals surface area contributed by atoms with Gasteiger partial charge >= 0.3 is 18.0 Å². The van der Waals surface area contributed by atoms with Crippen LogP contribution in [0, 0.1) is 10.1 Å². The molecule has 1 unspecified atom stereocenters. The second kappa shape index (κ2) is 10.6. The highest BCUT2D eigenvalue weighted by Crippen LogP contribution is 2.29. The number of urea groups is 1. The number of ether oxygens (including phenoxy) is 2. The number of carbonyl (C=O) groups is 3. The number of amides is 2. The molecular formula is C22H20ClN3O7. The van der Waals surface area contributed by atoms with Gasteiger partial charge in [0.1, 0.15) is 6.61 Å². The molecule has 1 aliphatic rings. The predicted molar refractivity (Wildman–Crippen MR) is 117 cm³/mol. The number of hydrogen-bond donors (Lipinski definition) is 2. The summed E-state index contributed by atoms with van der Waals surface area (Å²) in [6.07, 6.45) is -0.355. The number of nitro benzene ring substituents is 1. The molecule has 172 valence electrons. The minimum atomic E-state index is -0.862. The van der Waals surface area contributed by atoms with Crippen molar-refractivity contribution in [1.29, 1.82) is 0 Å². The van der Waals surface area contributed by atoms with Gasteiger partial charge in [-0.25, -0.2) is 9.59 Å². The summed E-state index contributed by atoms with van der Waals surface area (Å²) in [5, 5.41) is 16.8. The Morgan fingerprint density at radius 2 is 1.82 bits per heavy atom. The Labute approximate surface area is 193 Å². The Hall–Kier alpha value is -3.92. The third-order valence-corrected chi connectivity index (χ3v) is 5.00. The minimum Gasteiger partial charge on any atom is -0.463 e. The smallest absolute Gasteiger partial charge is 0.338 e. The highest BCUT2D eigenvalue weighted by Gasteiger charge is 2.34. The van der Waals surface area contributed by atoms with Crippen molar-refractivity contribution in [3.05, 3.63) is 86.1 Å². The number of nitro groups is 1. The fourth-order valence-corrected chi connectivity index (χ4v) is 3.41. The number of rotatable bonds is 8. The summed E-state index contributed by atoms with van der Waals surface area (Å²) in [7, 11) is 0. The molecule has 0 saturated heterocycles. The van der Waals surface area contributed by atoms with E-state index in [1.54, 1.807) is 37.3 Å². The number of nitrogens with one attached hydrogen (secondary N) is 2. The molecule has 0 fully saturated rings. The highest BCUT2D eigenvalue weighted by molar-refractivity contribution is 6.30. The van der Waals surface area contributed by atoms with Gasteiger partial charge in [0.2, 0.25) is 0 Å². The number of carbonyl (C=O) groups excluding carboxylic acids is 3. The third kappa shape index (κ3) is 5.86. The van der Waals surface area contributed by atoms with Crippen molar-refractivity contribution < 1.29 is 28.8 Å². The second-order valence-electron chi connectivity index (χ2n) is 6.92. The molecular weight excluding hydrogens is 454 g/mol. The first kappa shape index (κ1) is 23.7. The predicted octanol–water partition coefficient (Wildman–Crippen LogP) is 3.21.